The van der Waals surface area contributed by atoms with Crippen molar-refractivity contribution in [3.63, 3.8) is 0 Å². The number of hydrogen-bond donors (Lipinski definition) is 0. The van der Waals surface area contributed by atoms with E-state index in [0.29, 0.717) is 0 Å². The van der Waals surface area contributed by atoms with E-state index in [4.69, 9.17) is 0 Å². The van der Waals surface area contributed by atoms with E-state index in [2.05, 4.69) is 0 Å². The maximum Gasteiger partial charge on any atom is 0.132 e. The number of rotatable bonds is 2. The summed E-state index contributed by atoms with van der Waals surface area (Å²) in [5.41, 5.74) is 2.01. The summed E-state index contributed by atoms with van der Waals surface area (Å²) < 4.78 is -0.305. The van der Waals surface area contributed by atoms with Crippen molar-refractivity contribution in [2.45, 2.75) is 26.8 Å². The van der Waals surface area contributed by atoms with Crippen LogP contribution in [0.2, 0.25) is 0 Å². The van der Waals surface area contributed by atoms with Crippen molar-refractivity contribution in [2.24, 2.45) is 0 Å². The van der Waals surface area contributed by atoms with Gasteiger partial charge < -0.3 is 9.85 Å². The van der Waals surface area contributed by atoms with Crippen LogP contribution in [0.1, 0.15) is 19.4 Å². The second-order valence-electron chi connectivity index (χ2n) is 3.92. The molecule has 0 amide bonds. The zero-order valence-electron chi connectivity index (χ0n) is 8.74. The molecule has 13 heavy (non-hydrogen) atoms. The molecule has 0 aliphatic rings. The monoisotopic (exact) mass is 179 g/mol. The third kappa shape index (κ3) is 2.08. The summed E-state index contributed by atoms with van der Waals surface area (Å²) in [6, 6.07) is 7.82. The van der Waals surface area contributed by atoms with Gasteiger partial charge in [0.25, 0.3) is 0 Å². The van der Waals surface area contributed by atoms with E-state index < -0.39 is 0 Å². The molecule has 0 aliphatic heterocycles. The van der Waals surface area contributed by atoms with Crippen molar-refractivity contribution < 1.29 is 0 Å². The van der Waals surface area contributed by atoms with Crippen LogP contribution >= 0.6 is 0 Å². The maximum atomic E-state index is 12.1. The van der Waals surface area contributed by atoms with Gasteiger partial charge in [-0.05, 0) is 32.9 Å². The summed E-state index contributed by atoms with van der Waals surface area (Å²) in [7, 11) is 1.69. The number of nitrogens with zero attached hydrogens (tertiary/aromatic N) is 1. The highest BCUT2D eigenvalue weighted by Crippen LogP contribution is 2.22. The molecular formula is C11H17NO. The van der Waals surface area contributed by atoms with Crippen LogP contribution in [0.3, 0.4) is 0 Å². The Balaban J connectivity index is 3.01. The summed E-state index contributed by atoms with van der Waals surface area (Å²) in [5, 5.41) is 12.1. The first-order chi connectivity index (χ1) is 5.94. The second-order valence-corrected chi connectivity index (χ2v) is 3.92. The number of aryl methyl sites for hydroxylation is 1. The van der Waals surface area contributed by atoms with Gasteiger partial charge in [0.1, 0.15) is 5.69 Å². The summed E-state index contributed by atoms with van der Waals surface area (Å²) in [6.07, 6.45) is 0. The molecule has 0 N–H and O–H groups in total. The van der Waals surface area contributed by atoms with E-state index >= 15 is 0 Å². The normalized spacial score (nSPS) is 15.8. The molecule has 0 fully saturated rings. The fourth-order valence-corrected chi connectivity index (χ4v) is 1.14. The van der Waals surface area contributed by atoms with Gasteiger partial charge in [-0.3, -0.25) is 0 Å². The molecule has 1 unspecified atom stereocenters. The number of hydroxylamine groups is 2. The van der Waals surface area contributed by atoms with Crippen molar-refractivity contribution in [2.75, 3.05) is 7.05 Å². The van der Waals surface area contributed by atoms with E-state index in [1.54, 1.807) is 7.05 Å². The van der Waals surface area contributed by atoms with Crippen LogP contribution in [0, 0.1) is 12.1 Å². The lowest BCUT2D eigenvalue weighted by atomic mass is 10.2. The lowest BCUT2D eigenvalue weighted by Gasteiger charge is -2.42. The third-order valence-electron chi connectivity index (χ3n) is 2.53. The number of quaternary nitrogens is 1. The summed E-state index contributed by atoms with van der Waals surface area (Å²) >= 11 is 0. The van der Waals surface area contributed by atoms with E-state index in [0.717, 1.165) is 5.69 Å². The smallest absolute Gasteiger partial charge is 0.132 e. The molecule has 0 spiro atoms. The zero-order valence-corrected chi connectivity index (χ0v) is 8.74. The lowest BCUT2D eigenvalue weighted by molar-refractivity contribution is 0.369. The van der Waals surface area contributed by atoms with Crippen LogP contribution in [0.4, 0.5) is 5.69 Å². The van der Waals surface area contributed by atoms with Crippen LogP contribution < -0.4 is 4.65 Å². The van der Waals surface area contributed by atoms with Crippen molar-refractivity contribution >= 4 is 5.69 Å². The number of benzene rings is 1. The van der Waals surface area contributed by atoms with Crippen LogP contribution in [-0.4, -0.2) is 13.1 Å². The molecule has 2 heteroatoms. The van der Waals surface area contributed by atoms with Gasteiger partial charge in [-0.15, -0.1) is 0 Å². The van der Waals surface area contributed by atoms with Gasteiger partial charge >= 0.3 is 0 Å². The van der Waals surface area contributed by atoms with Crippen molar-refractivity contribution in [3.05, 3.63) is 35.0 Å². The molecule has 0 saturated carbocycles. The largest absolute Gasteiger partial charge is 0.627 e. The third-order valence-corrected chi connectivity index (χ3v) is 2.53. The van der Waals surface area contributed by atoms with Gasteiger partial charge in [0.05, 0.1) is 13.1 Å². The van der Waals surface area contributed by atoms with Gasteiger partial charge in [-0.25, -0.2) is 0 Å². The molecule has 0 aliphatic carbocycles. The molecule has 1 aromatic carbocycles. The lowest BCUT2D eigenvalue weighted by Crippen LogP contribution is -2.44. The minimum Gasteiger partial charge on any atom is -0.627 e. The standard InChI is InChI=1S/C11H17NO/c1-9(2)12(4,13)11-7-5-10(3)6-8-11/h5-9H,1-4H3. The van der Waals surface area contributed by atoms with Crippen LogP contribution in [0.25, 0.3) is 0 Å². The van der Waals surface area contributed by atoms with E-state index in [9.17, 15) is 5.21 Å². The Morgan fingerprint density at radius 2 is 1.62 bits per heavy atom. The minimum atomic E-state index is -0.305. The van der Waals surface area contributed by atoms with Gasteiger partial charge in [-0.1, -0.05) is 17.7 Å². The van der Waals surface area contributed by atoms with Crippen molar-refractivity contribution in [1.29, 1.82) is 0 Å². The Kier molecular flexibility index (Phi) is 2.74. The SMILES string of the molecule is Cc1ccc([N+](C)([O-])C(C)C)cc1. The predicted molar refractivity (Wildman–Crippen MR) is 57.4 cm³/mol. The van der Waals surface area contributed by atoms with Gasteiger partial charge in [0.2, 0.25) is 0 Å². The van der Waals surface area contributed by atoms with Crippen LogP contribution in [0.5, 0.6) is 0 Å². The predicted octanol–water partition coefficient (Wildman–Crippen LogP) is 2.84. The highest BCUT2D eigenvalue weighted by atomic mass is 16.5. The van der Waals surface area contributed by atoms with Crippen LogP contribution in [0.15, 0.2) is 24.3 Å². The Bertz CT molecular complexity index is 275. The van der Waals surface area contributed by atoms with Gasteiger partial charge in [0, 0.05) is 0 Å². The van der Waals surface area contributed by atoms with Crippen molar-refractivity contribution in [3.8, 4) is 0 Å². The first kappa shape index (κ1) is 10.2. The van der Waals surface area contributed by atoms with E-state index in [-0.39, 0.29) is 10.7 Å². The summed E-state index contributed by atoms with van der Waals surface area (Å²) in [6.45, 7) is 5.90. The van der Waals surface area contributed by atoms with Crippen LogP contribution in [-0.2, 0) is 0 Å². The highest BCUT2D eigenvalue weighted by molar-refractivity contribution is 5.44. The molecule has 0 radical (unpaired) electrons. The Morgan fingerprint density at radius 3 is 2.00 bits per heavy atom. The first-order valence-corrected chi connectivity index (χ1v) is 4.59. The average molecular weight is 179 g/mol. The quantitative estimate of drug-likeness (QED) is 0.505. The molecular weight excluding hydrogens is 162 g/mol. The average Bonchev–Trinajstić information content (AvgIpc) is 2.04. The number of hydrogen-bond acceptors (Lipinski definition) is 1. The van der Waals surface area contributed by atoms with Gasteiger partial charge in [0.15, 0.2) is 0 Å². The van der Waals surface area contributed by atoms with E-state index in [1.807, 2.05) is 45.0 Å². The fraction of sp³-hybridized carbons (Fsp3) is 0.455. The van der Waals surface area contributed by atoms with Gasteiger partial charge in [-0.2, -0.15) is 0 Å². The molecule has 0 saturated heterocycles. The molecule has 1 atom stereocenters. The fourth-order valence-electron chi connectivity index (χ4n) is 1.14. The van der Waals surface area contributed by atoms with Crippen molar-refractivity contribution in [1.82, 2.24) is 4.65 Å². The minimum absolute atomic E-state index is 0.0581. The molecule has 72 valence electrons. The topological polar surface area (TPSA) is 23.1 Å². The molecule has 0 aromatic heterocycles. The van der Waals surface area contributed by atoms with E-state index in [1.165, 1.54) is 5.56 Å². The molecule has 1 aromatic rings. The zero-order chi connectivity index (χ0) is 10.1. The second kappa shape index (κ2) is 3.48. The highest BCUT2D eigenvalue weighted by Gasteiger charge is 2.17. The molecule has 2 nitrogen and oxygen atoms in total. The molecule has 1 rings (SSSR count). The summed E-state index contributed by atoms with van der Waals surface area (Å²) in [5.74, 6) is 0. The Labute approximate surface area is 80.0 Å². The molecule has 0 heterocycles. The maximum absolute atomic E-state index is 12.1. The Hall–Kier alpha value is -0.860. The molecule has 0 bridgehead atoms. The first-order valence-electron chi connectivity index (χ1n) is 4.59. The Morgan fingerprint density at radius 1 is 1.15 bits per heavy atom. The summed E-state index contributed by atoms with van der Waals surface area (Å²) in [4.78, 5) is 0.